The lowest BCUT2D eigenvalue weighted by atomic mass is 10.1. The first-order chi connectivity index (χ1) is 15.4. The molecular formula is C24H23F2N3O3. The van der Waals surface area contributed by atoms with E-state index in [1.54, 1.807) is 0 Å². The van der Waals surface area contributed by atoms with E-state index in [0.29, 0.717) is 5.89 Å². The Hall–Kier alpha value is -3.55. The molecule has 32 heavy (non-hydrogen) atoms. The largest absolute Gasteiger partial charge is 0.441 e. The molecule has 0 radical (unpaired) electrons. The highest BCUT2D eigenvalue weighted by Gasteiger charge is 2.29. The molecule has 2 aromatic carbocycles. The van der Waals surface area contributed by atoms with Crippen LogP contribution in [-0.4, -0.2) is 16.8 Å². The predicted molar refractivity (Wildman–Crippen MR) is 115 cm³/mol. The summed E-state index contributed by atoms with van der Waals surface area (Å²) >= 11 is 0. The van der Waals surface area contributed by atoms with E-state index < -0.39 is 11.6 Å². The molecule has 0 aliphatic heterocycles. The maximum Gasteiger partial charge on any atom is 0.227 e. The highest BCUT2D eigenvalue weighted by atomic mass is 19.1. The van der Waals surface area contributed by atoms with Gasteiger partial charge in [-0.15, -0.1) is 0 Å². The van der Waals surface area contributed by atoms with Crippen LogP contribution in [0.15, 0.2) is 53.1 Å². The predicted octanol–water partition coefficient (Wildman–Crippen LogP) is 4.78. The monoisotopic (exact) mass is 439 g/mol. The second kappa shape index (κ2) is 9.30. The van der Waals surface area contributed by atoms with Gasteiger partial charge in [0.15, 0.2) is 11.7 Å². The van der Waals surface area contributed by atoms with Gasteiger partial charge in [0, 0.05) is 30.5 Å². The fourth-order valence-corrected chi connectivity index (χ4v) is 3.30. The number of benzene rings is 2. The van der Waals surface area contributed by atoms with Gasteiger partial charge in [-0.3, -0.25) is 9.59 Å². The number of halogens is 2. The molecule has 1 heterocycles. The van der Waals surface area contributed by atoms with Crippen LogP contribution in [0.25, 0.3) is 11.3 Å². The molecular weight excluding hydrogens is 416 g/mol. The third-order valence-electron chi connectivity index (χ3n) is 5.32. The van der Waals surface area contributed by atoms with Gasteiger partial charge in [0.25, 0.3) is 0 Å². The number of hydrogen-bond acceptors (Lipinski definition) is 4. The first-order valence-corrected chi connectivity index (χ1v) is 10.5. The molecule has 2 amide bonds. The summed E-state index contributed by atoms with van der Waals surface area (Å²) < 4.78 is 32.4. The molecule has 1 fully saturated rings. The second-order valence-electron chi connectivity index (χ2n) is 7.92. The van der Waals surface area contributed by atoms with Crippen molar-refractivity contribution in [2.45, 2.75) is 38.6 Å². The molecule has 3 aromatic rings. The molecule has 1 aliphatic rings. The number of amides is 2. The van der Waals surface area contributed by atoms with Crippen LogP contribution < -0.4 is 10.6 Å². The molecule has 0 unspecified atom stereocenters. The number of aromatic nitrogens is 1. The summed E-state index contributed by atoms with van der Waals surface area (Å²) in [6.45, 7) is 1.87. The summed E-state index contributed by atoms with van der Waals surface area (Å²) in [4.78, 5) is 28.2. The topological polar surface area (TPSA) is 84.2 Å². The number of nitrogens with one attached hydrogen (secondary N) is 2. The molecule has 0 bridgehead atoms. The standard InChI is InChI=1S/C24H23F2N3O3/c1-14(15-4-7-18(8-5-15)29-24(31)16-2-3-16)28-22(30)10-11-23-27-13-21(32-23)19-9-6-17(25)12-20(19)26/h4-9,12-14,16H,2-3,10-11H2,1H3,(H,28,30)(H,29,31)/t14-/m1/s1. The summed E-state index contributed by atoms with van der Waals surface area (Å²) in [5.74, 6) is -0.927. The van der Waals surface area contributed by atoms with Crippen molar-refractivity contribution in [2.75, 3.05) is 5.32 Å². The number of rotatable bonds is 8. The van der Waals surface area contributed by atoms with Crippen LogP contribution in [0.5, 0.6) is 0 Å². The molecule has 4 rings (SSSR count). The van der Waals surface area contributed by atoms with E-state index in [9.17, 15) is 18.4 Å². The van der Waals surface area contributed by atoms with Crippen molar-refractivity contribution in [3.63, 3.8) is 0 Å². The lowest BCUT2D eigenvalue weighted by Crippen LogP contribution is -2.26. The third kappa shape index (κ3) is 5.38. The van der Waals surface area contributed by atoms with Crippen LogP contribution in [-0.2, 0) is 16.0 Å². The van der Waals surface area contributed by atoms with E-state index in [0.717, 1.165) is 36.2 Å². The van der Waals surface area contributed by atoms with Crippen LogP contribution in [0.3, 0.4) is 0 Å². The molecule has 1 atom stereocenters. The maximum absolute atomic E-state index is 13.9. The van der Waals surface area contributed by atoms with E-state index in [1.165, 1.54) is 12.3 Å². The van der Waals surface area contributed by atoms with Crippen molar-refractivity contribution < 1.29 is 22.8 Å². The van der Waals surface area contributed by atoms with Gasteiger partial charge in [-0.1, -0.05) is 12.1 Å². The first-order valence-electron chi connectivity index (χ1n) is 10.5. The van der Waals surface area contributed by atoms with Gasteiger partial charge in [-0.05, 0) is 49.6 Å². The van der Waals surface area contributed by atoms with Crippen molar-refractivity contribution in [1.29, 1.82) is 0 Å². The number of aryl methyl sites for hydroxylation is 1. The molecule has 8 heteroatoms. The Morgan fingerprint density at radius 2 is 1.91 bits per heavy atom. The summed E-state index contributed by atoms with van der Waals surface area (Å²) in [7, 11) is 0. The fourth-order valence-electron chi connectivity index (χ4n) is 3.30. The lowest BCUT2D eigenvalue weighted by molar-refractivity contribution is -0.121. The van der Waals surface area contributed by atoms with E-state index in [1.807, 2.05) is 31.2 Å². The number of carbonyl (C=O) groups excluding carboxylic acids is 2. The van der Waals surface area contributed by atoms with Crippen LogP contribution in [0.4, 0.5) is 14.5 Å². The molecule has 0 saturated heterocycles. The first kappa shape index (κ1) is 21.7. The van der Waals surface area contributed by atoms with Gasteiger partial charge in [0.1, 0.15) is 11.6 Å². The highest BCUT2D eigenvalue weighted by molar-refractivity contribution is 5.94. The Labute approximate surface area is 184 Å². The number of hydrogen-bond donors (Lipinski definition) is 2. The van der Waals surface area contributed by atoms with E-state index >= 15 is 0 Å². The third-order valence-corrected chi connectivity index (χ3v) is 5.32. The Morgan fingerprint density at radius 1 is 1.16 bits per heavy atom. The number of carbonyl (C=O) groups is 2. The van der Waals surface area contributed by atoms with Gasteiger partial charge in [-0.25, -0.2) is 13.8 Å². The molecule has 166 valence electrons. The van der Waals surface area contributed by atoms with Gasteiger partial charge in [0.2, 0.25) is 11.8 Å². The fraction of sp³-hybridized carbons (Fsp3) is 0.292. The number of oxazole rings is 1. The normalized spacial score (nSPS) is 14.1. The minimum Gasteiger partial charge on any atom is -0.441 e. The summed E-state index contributed by atoms with van der Waals surface area (Å²) in [5.41, 5.74) is 1.76. The van der Waals surface area contributed by atoms with E-state index in [4.69, 9.17) is 4.42 Å². The minimum atomic E-state index is -0.739. The van der Waals surface area contributed by atoms with Crippen molar-refractivity contribution in [1.82, 2.24) is 10.3 Å². The van der Waals surface area contributed by atoms with Gasteiger partial charge < -0.3 is 15.1 Å². The minimum absolute atomic E-state index is 0.0518. The molecule has 1 aromatic heterocycles. The van der Waals surface area contributed by atoms with Crippen LogP contribution in [0, 0.1) is 17.6 Å². The zero-order valence-corrected chi connectivity index (χ0v) is 17.5. The van der Waals surface area contributed by atoms with E-state index in [2.05, 4.69) is 15.6 Å². The number of nitrogens with zero attached hydrogens (tertiary/aromatic N) is 1. The Bertz CT molecular complexity index is 1120. The molecule has 0 spiro atoms. The average Bonchev–Trinajstić information content (AvgIpc) is 3.52. The van der Waals surface area contributed by atoms with Crippen LogP contribution in [0.1, 0.15) is 43.7 Å². The maximum atomic E-state index is 13.9. The van der Waals surface area contributed by atoms with Gasteiger partial charge in [-0.2, -0.15) is 0 Å². The van der Waals surface area contributed by atoms with Crippen LogP contribution in [0.2, 0.25) is 0 Å². The second-order valence-corrected chi connectivity index (χ2v) is 7.92. The Kier molecular flexibility index (Phi) is 6.30. The van der Waals surface area contributed by atoms with Crippen LogP contribution >= 0.6 is 0 Å². The Morgan fingerprint density at radius 3 is 2.59 bits per heavy atom. The summed E-state index contributed by atoms with van der Waals surface area (Å²) in [5, 5.41) is 5.79. The van der Waals surface area contributed by atoms with Crippen molar-refractivity contribution in [2.24, 2.45) is 5.92 Å². The average molecular weight is 439 g/mol. The zero-order chi connectivity index (χ0) is 22.7. The SMILES string of the molecule is C[C@@H](NC(=O)CCc1ncc(-c2ccc(F)cc2F)o1)c1ccc(NC(=O)C2CC2)cc1. The summed E-state index contributed by atoms with van der Waals surface area (Å²) in [6, 6.07) is 10.4. The molecule has 2 N–H and O–H groups in total. The molecule has 1 saturated carbocycles. The van der Waals surface area contributed by atoms with Crippen molar-refractivity contribution in [3.8, 4) is 11.3 Å². The van der Waals surface area contributed by atoms with E-state index in [-0.39, 0.29) is 47.9 Å². The Balaban J connectivity index is 1.27. The highest BCUT2D eigenvalue weighted by Crippen LogP contribution is 2.30. The molecule has 1 aliphatic carbocycles. The molecule has 6 nitrogen and oxygen atoms in total. The lowest BCUT2D eigenvalue weighted by Gasteiger charge is -2.15. The summed E-state index contributed by atoms with van der Waals surface area (Å²) in [6.07, 6.45) is 3.64. The van der Waals surface area contributed by atoms with Gasteiger partial charge in [0.05, 0.1) is 17.8 Å². The van der Waals surface area contributed by atoms with Crippen molar-refractivity contribution in [3.05, 3.63) is 71.8 Å². The quantitative estimate of drug-likeness (QED) is 0.529. The van der Waals surface area contributed by atoms with Crippen molar-refractivity contribution >= 4 is 17.5 Å². The number of anilines is 1. The smallest absolute Gasteiger partial charge is 0.227 e. The zero-order valence-electron chi connectivity index (χ0n) is 17.5. The van der Waals surface area contributed by atoms with Gasteiger partial charge >= 0.3 is 0 Å².